The lowest BCUT2D eigenvalue weighted by molar-refractivity contribution is -0.401. The molecule has 86 valence electrons. The zero-order valence-electron chi connectivity index (χ0n) is 8.82. The van der Waals surface area contributed by atoms with Crippen LogP contribution in [0.5, 0.6) is 0 Å². The van der Waals surface area contributed by atoms with Gasteiger partial charge in [-0.25, -0.2) is 4.79 Å². The van der Waals surface area contributed by atoms with E-state index in [9.17, 15) is 14.9 Å². The maximum Gasteiger partial charge on any atom is 0.331 e. The Hall–Kier alpha value is -2.18. The highest BCUT2D eigenvalue weighted by molar-refractivity contribution is 5.75. The van der Waals surface area contributed by atoms with Crippen molar-refractivity contribution in [3.63, 3.8) is 0 Å². The number of aliphatic carboxylic acids is 1. The summed E-state index contributed by atoms with van der Waals surface area (Å²) in [6.07, 6.45) is 3.42. The first-order chi connectivity index (χ1) is 7.34. The van der Waals surface area contributed by atoms with Crippen molar-refractivity contribution >= 4 is 12.0 Å². The van der Waals surface area contributed by atoms with Crippen LogP contribution in [0.3, 0.4) is 0 Å². The van der Waals surface area contributed by atoms with E-state index < -0.39 is 16.4 Å². The van der Waals surface area contributed by atoms with Gasteiger partial charge >= 0.3 is 5.97 Å². The number of aromatic nitrogens is 2. The maximum atomic E-state index is 10.9. The molecule has 0 amide bonds. The Morgan fingerprint density at radius 2 is 2.31 bits per heavy atom. The molecule has 1 aromatic rings. The van der Waals surface area contributed by atoms with Crippen LogP contribution < -0.4 is 0 Å². The highest BCUT2D eigenvalue weighted by atomic mass is 16.6. The Kier molecular flexibility index (Phi) is 3.07. The Labute approximate surface area is 91.1 Å². The molecule has 0 atom stereocenters. The van der Waals surface area contributed by atoms with Gasteiger partial charge in [-0.15, -0.1) is 0 Å². The summed E-state index contributed by atoms with van der Waals surface area (Å²) in [4.78, 5) is 20.4. The second-order valence-electron chi connectivity index (χ2n) is 3.65. The number of rotatable bonds is 4. The van der Waals surface area contributed by atoms with Gasteiger partial charge in [-0.2, -0.15) is 5.10 Å². The minimum atomic E-state index is -1.18. The number of carboxylic acid groups (broad SMARTS) is 1. The summed E-state index contributed by atoms with van der Waals surface area (Å²) in [5.74, 6) is -1.03. The summed E-state index contributed by atoms with van der Waals surface area (Å²) in [5.41, 5.74) is -0.841. The zero-order valence-corrected chi connectivity index (χ0v) is 8.82. The molecule has 1 heterocycles. The molecule has 0 saturated carbocycles. The van der Waals surface area contributed by atoms with Gasteiger partial charge in [0.25, 0.3) is 0 Å². The third-order valence-electron chi connectivity index (χ3n) is 2.07. The van der Waals surface area contributed by atoms with Crippen molar-refractivity contribution in [1.29, 1.82) is 0 Å². The van der Waals surface area contributed by atoms with Gasteiger partial charge in [0.2, 0.25) is 6.20 Å². The van der Waals surface area contributed by atoms with Crippen molar-refractivity contribution < 1.29 is 14.8 Å². The third-order valence-corrected chi connectivity index (χ3v) is 2.07. The third kappa shape index (κ3) is 2.44. The first kappa shape index (κ1) is 11.9. The number of carbonyl (C=O) groups is 1. The standard InChI is InChI=1S/C9H11N3O4/c1-9(2,8(13)14)11-5-3-7(10-11)4-6-12(15)16/h3-6H,1-2H3,(H,13,14). The summed E-state index contributed by atoms with van der Waals surface area (Å²) in [7, 11) is 0. The van der Waals surface area contributed by atoms with Gasteiger partial charge in [-0.3, -0.25) is 14.8 Å². The van der Waals surface area contributed by atoms with Gasteiger partial charge in [0, 0.05) is 12.3 Å². The predicted octanol–water partition coefficient (Wildman–Crippen LogP) is 0.950. The van der Waals surface area contributed by atoms with Crippen LogP contribution in [0.25, 0.3) is 6.08 Å². The lowest BCUT2D eigenvalue weighted by Crippen LogP contribution is -2.36. The molecule has 1 aromatic heterocycles. The highest BCUT2D eigenvalue weighted by Gasteiger charge is 2.29. The first-order valence-corrected chi connectivity index (χ1v) is 4.45. The lowest BCUT2D eigenvalue weighted by Gasteiger charge is -2.19. The molecule has 0 spiro atoms. The summed E-state index contributed by atoms with van der Waals surface area (Å²) in [6, 6.07) is 1.50. The van der Waals surface area contributed by atoms with E-state index in [1.165, 1.54) is 36.9 Å². The molecule has 0 aliphatic heterocycles. The summed E-state index contributed by atoms with van der Waals surface area (Å²) < 4.78 is 1.24. The minimum absolute atomic E-state index is 0.339. The van der Waals surface area contributed by atoms with Gasteiger partial charge in [0.05, 0.1) is 10.6 Å². The van der Waals surface area contributed by atoms with E-state index in [1.54, 1.807) is 0 Å². The normalized spacial score (nSPS) is 11.9. The molecule has 0 aliphatic carbocycles. The van der Waals surface area contributed by atoms with E-state index in [4.69, 9.17) is 5.11 Å². The van der Waals surface area contributed by atoms with Gasteiger partial charge in [-0.05, 0) is 19.9 Å². The van der Waals surface area contributed by atoms with Crippen LogP contribution in [-0.4, -0.2) is 25.8 Å². The molecule has 7 heteroatoms. The van der Waals surface area contributed by atoms with Crippen LogP contribution in [0, 0.1) is 10.1 Å². The van der Waals surface area contributed by atoms with Crippen molar-refractivity contribution in [3.8, 4) is 0 Å². The average molecular weight is 225 g/mol. The Morgan fingerprint density at radius 3 is 2.81 bits per heavy atom. The fourth-order valence-electron chi connectivity index (χ4n) is 0.973. The van der Waals surface area contributed by atoms with Crippen molar-refractivity contribution in [2.24, 2.45) is 0 Å². The molecule has 0 saturated heterocycles. The van der Waals surface area contributed by atoms with Crippen molar-refractivity contribution in [2.75, 3.05) is 0 Å². The summed E-state index contributed by atoms with van der Waals surface area (Å²) >= 11 is 0. The quantitative estimate of drug-likeness (QED) is 0.607. The number of carboxylic acids is 1. The van der Waals surface area contributed by atoms with E-state index in [0.717, 1.165) is 6.20 Å². The topological polar surface area (TPSA) is 98.3 Å². The van der Waals surface area contributed by atoms with E-state index in [0.29, 0.717) is 5.69 Å². The molecule has 0 aliphatic rings. The number of hydrogen-bond acceptors (Lipinski definition) is 4. The molecular weight excluding hydrogens is 214 g/mol. The Morgan fingerprint density at radius 1 is 1.69 bits per heavy atom. The van der Waals surface area contributed by atoms with Crippen LogP contribution in [0.1, 0.15) is 19.5 Å². The van der Waals surface area contributed by atoms with E-state index >= 15 is 0 Å². The number of nitrogens with zero attached hydrogens (tertiary/aromatic N) is 3. The van der Waals surface area contributed by atoms with E-state index in [2.05, 4.69) is 5.10 Å². The summed E-state index contributed by atoms with van der Waals surface area (Å²) in [6.45, 7) is 2.98. The molecule has 0 unspecified atom stereocenters. The predicted molar refractivity (Wildman–Crippen MR) is 55.2 cm³/mol. The van der Waals surface area contributed by atoms with Crippen LogP contribution in [0.2, 0.25) is 0 Å². The van der Waals surface area contributed by atoms with Gasteiger partial charge in [0.15, 0.2) is 5.54 Å². The fraction of sp³-hybridized carbons (Fsp3) is 0.333. The van der Waals surface area contributed by atoms with E-state index in [-0.39, 0.29) is 0 Å². The van der Waals surface area contributed by atoms with Gasteiger partial charge in [0.1, 0.15) is 0 Å². The fourth-order valence-corrected chi connectivity index (χ4v) is 0.973. The number of nitro groups is 1. The highest BCUT2D eigenvalue weighted by Crippen LogP contribution is 2.14. The average Bonchev–Trinajstić information content (AvgIpc) is 2.63. The van der Waals surface area contributed by atoms with Crippen LogP contribution in [0.15, 0.2) is 18.5 Å². The lowest BCUT2D eigenvalue weighted by atomic mass is 10.1. The molecule has 1 rings (SSSR count). The molecule has 0 fully saturated rings. The largest absolute Gasteiger partial charge is 0.479 e. The van der Waals surface area contributed by atoms with Gasteiger partial charge in [-0.1, -0.05) is 0 Å². The molecule has 0 radical (unpaired) electrons. The summed E-state index contributed by atoms with van der Waals surface area (Å²) in [5, 5.41) is 22.9. The van der Waals surface area contributed by atoms with Crippen molar-refractivity contribution in [2.45, 2.75) is 19.4 Å². The smallest absolute Gasteiger partial charge is 0.331 e. The molecule has 1 N–H and O–H groups in total. The van der Waals surface area contributed by atoms with Gasteiger partial charge < -0.3 is 5.11 Å². The molecule has 7 nitrogen and oxygen atoms in total. The zero-order chi connectivity index (χ0) is 12.3. The monoisotopic (exact) mass is 225 g/mol. The second kappa shape index (κ2) is 4.13. The molecule has 16 heavy (non-hydrogen) atoms. The van der Waals surface area contributed by atoms with Crippen molar-refractivity contribution in [1.82, 2.24) is 9.78 Å². The Balaban J connectivity index is 2.95. The van der Waals surface area contributed by atoms with Crippen molar-refractivity contribution in [3.05, 3.63) is 34.3 Å². The second-order valence-corrected chi connectivity index (χ2v) is 3.65. The van der Waals surface area contributed by atoms with Crippen LogP contribution >= 0.6 is 0 Å². The van der Waals surface area contributed by atoms with Crippen LogP contribution in [0.4, 0.5) is 0 Å². The minimum Gasteiger partial charge on any atom is -0.479 e. The number of hydrogen-bond donors (Lipinski definition) is 1. The maximum absolute atomic E-state index is 10.9. The van der Waals surface area contributed by atoms with E-state index in [1.807, 2.05) is 0 Å². The Bertz CT molecular complexity index is 447. The molecule has 0 aromatic carbocycles. The molecule has 0 bridgehead atoms. The SMILES string of the molecule is CC(C)(C(=O)O)n1ccc(C=C[N+](=O)[O-])n1. The molecular formula is C9H11N3O4. The first-order valence-electron chi connectivity index (χ1n) is 4.45. The van der Waals surface area contributed by atoms with Crippen LogP contribution in [-0.2, 0) is 10.3 Å².